The molecule has 6 nitrogen and oxygen atoms in total. The molecule has 0 aromatic heterocycles. The van der Waals surface area contributed by atoms with Crippen LogP contribution in [0.15, 0.2) is 0 Å². The van der Waals surface area contributed by atoms with Crippen LogP contribution >= 0.6 is 0 Å². The second-order valence-electron chi connectivity index (χ2n) is 15.8. The highest BCUT2D eigenvalue weighted by Gasteiger charge is 2.19. The van der Waals surface area contributed by atoms with Crippen molar-refractivity contribution in [1.82, 2.24) is 0 Å². The average molecular weight is 723 g/mol. The van der Waals surface area contributed by atoms with E-state index in [0.717, 1.165) is 76.0 Å². The predicted octanol–water partition coefficient (Wildman–Crippen LogP) is 13.8. The molecular weight excluding hydrogens is 636 g/mol. The van der Waals surface area contributed by atoms with Gasteiger partial charge in [0, 0.05) is 19.3 Å². The first-order chi connectivity index (χ1) is 24.8. The van der Waals surface area contributed by atoms with Crippen LogP contribution in [0.3, 0.4) is 0 Å². The zero-order chi connectivity index (χ0) is 37.6. The Kier molecular flexibility index (Phi) is 37.0. The van der Waals surface area contributed by atoms with Crippen molar-refractivity contribution in [2.45, 2.75) is 246 Å². The fraction of sp³-hybridized carbons (Fsp3) is 0.933. The van der Waals surface area contributed by atoms with Crippen LogP contribution in [0, 0.1) is 11.8 Å². The average Bonchev–Trinajstić information content (AvgIpc) is 3.13. The van der Waals surface area contributed by atoms with Crippen molar-refractivity contribution in [3.05, 3.63) is 0 Å². The van der Waals surface area contributed by atoms with E-state index in [4.69, 9.17) is 14.2 Å². The van der Waals surface area contributed by atoms with Gasteiger partial charge in [0.15, 0.2) is 6.10 Å². The molecule has 302 valence electrons. The number of hydrogen-bond acceptors (Lipinski definition) is 6. The molecule has 0 fully saturated rings. The largest absolute Gasteiger partial charge is 0.462 e. The second kappa shape index (κ2) is 38.1. The van der Waals surface area contributed by atoms with Crippen LogP contribution in [0.5, 0.6) is 0 Å². The second-order valence-corrected chi connectivity index (χ2v) is 15.8. The number of carbonyl (C=O) groups is 3. The topological polar surface area (TPSA) is 78.9 Å². The Morgan fingerprint density at radius 1 is 0.392 bits per heavy atom. The molecule has 0 bridgehead atoms. The Hall–Kier alpha value is -1.59. The number of hydrogen-bond donors (Lipinski definition) is 0. The van der Waals surface area contributed by atoms with Crippen LogP contribution in [0.1, 0.15) is 240 Å². The summed E-state index contributed by atoms with van der Waals surface area (Å²) in [6.45, 7) is 11.3. The number of esters is 3. The molecule has 0 amide bonds. The Morgan fingerprint density at radius 2 is 0.686 bits per heavy atom. The lowest BCUT2D eigenvalue weighted by molar-refractivity contribution is -0.167. The van der Waals surface area contributed by atoms with E-state index >= 15 is 0 Å². The monoisotopic (exact) mass is 723 g/mol. The van der Waals surface area contributed by atoms with Gasteiger partial charge in [0.05, 0.1) is 0 Å². The summed E-state index contributed by atoms with van der Waals surface area (Å²) in [6.07, 6.45) is 35.5. The van der Waals surface area contributed by atoms with E-state index in [1.165, 1.54) is 122 Å². The lowest BCUT2D eigenvalue weighted by Gasteiger charge is -2.18. The van der Waals surface area contributed by atoms with Crippen molar-refractivity contribution >= 4 is 17.9 Å². The van der Waals surface area contributed by atoms with Crippen molar-refractivity contribution in [3.63, 3.8) is 0 Å². The van der Waals surface area contributed by atoms with Crippen molar-refractivity contribution in [3.8, 4) is 0 Å². The van der Waals surface area contributed by atoms with Gasteiger partial charge in [-0.2, -0.15) is 0 Å². The van der Waals surface area contributed by atoms with Crippen LogP contribution in [0.25, 0.3) is 0 Å². The van der Waals surface area contributed by atoms with Crippen molar-refractivity contribution in [1.29, 1.82) is 0 Å². The third kappa shape index (κ3) is 36.6. The van der Waals surface area contributed by atoms with Gasteiger partial charge in [-0.3, -0.25) is 14.4 Å². The minimum absolute atomic E-state index is 0.0669. The van der Waals surface area contributed by atoms with Gasteiger partial charge in [0.1, 0.15) is 13.2 Å². The summed E-state index contributed by atoms with van der Waals surface area (Å²) in [5.41, 5.74) is 0. The summed E-state index contributed by atoms with van der Waals surface area (Å²) in [7, 11) is 0. The summed E-state index contributed by atoms with van der Waals surface area (Å²) in [4.78, 5) is 37.4. The van der Waals surface area contributed by atoms with Crippen molar-refractivity contribution < 1.29 is 28.6 Å². The minimum atomic E-state index is -0.758. The van der Waals surface area contributed by atoms with Gasteiger partial charge in [0.25, 0.3) is 0 Å². The number of ether oxygens (including phenoxy) is 3. The summed E-state index contributed by atoms with van der Waals surface area (Å²) in [6, 6.07) is 0. The Morgan fingerprint density at radius 3 is 1.02 bits per heavy atom. The molecular formula is C45H86O6. The lowest BCUT2D eigenvalue weighted by Crippen LogP contribution is -2.30. The molecule has 2 unspecified atom stereocenters. The number of rotatable bonds is 39. The van der Waals surface area contributed by atoms with E-state index in [9.17, 15) is 14.4 Å². The molecule has 0 saturated carbocycles. The van der Waals surface area contributed by atoms with E-state index < -0.39 is 6.10 Å². The maximum Gasteiger partial charge on any atom is 0.306 e. The van der Waals surface area contributed by atoms with E-state index in [1.807, 2.05) is 0 Å². The molecule has 0 aromatic carbocycles. The summed E-state index contributed by atoms with van der Waals surface area (Å²) >= 11 is 0. The first-order valence-electron chi connectivity index (χ1n) is 22.3. The van der Waals surface area contributed by atoms with E-state index in [2.05, 4.69) is 34.6 Å². The summed E-state index contributed by atoms with van der Waals surface area (Å²) in [5.74, 6) is 0.834. The fourth-order valence-corrected chi connectivity index (χ4v) is 6.51. The van der Waals surface area contributed by atoms with E-state index in [1.54, 1.807) is 0 Å². The van der Waals surface area contributed by atoms with E-state index in [0.29, 0.717) is 19.3 Å². The molecule has 0 heterocycles. The molecule has 3 atom stereocenters. The van der Waals surface area contributed by atoms with Crippen LogP contribution in [0.2, 0.25) is 0 Å². The molecule has 0 aliphatic rings. The standard InChI is InChI=1S/C45H86O6/c1-6-9-10-23-32-37-45(48)51-42(39-50-44(47)36-31-27-22-21-25-29-34-41(5)8-3)38-49-43(46)35-30-26-20-18-16-14-12-11-13-15-17-19-24-28-33-40(4)7-2/h40-42H,6-39H2,1-5H3/t40?,41?,42-/m0/s1. The molecule has 0 aliphatic carbocycles. The van der Waals surface area contributed by atoms with Crippen LogP contribution in [-0.2, 0) is 28.6 Å². The molecule has 0 N–H and O–H groups in total. The van der Waals surface area contributed by atoms with E-state index in [-0.39, 0.29) is 31.1 Å². The maximum absolute atomic E-state index is 12.5. The Labute approximate surface area is 317 Å². The number of carbonyl (C=O) groups excluding carboxylic acids is 3. The smallest absolute Gasteiger partial charge is 0.306 e. The SMILES string of the molecule is CCCCCCCC(=O)O[C@@H](COC(=O)CCCCCCCCCCCCCCCCC(C)CC)COC(=O)CCCCCCCCC(C)CC. The van der Waals surface area contributed by atoms with Crippen molar-refractivity contribution in [2.75, 3.05) is 13.2 Å². The zero-order valence-electron chi connectivity index (χ0n) is 34.7. The van der Waals surface area contributed by atoms with Gasteiger partial charge in [-0.25, -0.2) is 0 Å². The van der Waals surface area contributed by atoms with Crippen LogP contribution in [-0.4, -0.2) is 37.2 Å². The molecule has 0 aromatic rings. The normalized spacial score (nSPS) is 13.1. The lowest BCUT2D eigenvalue weighted by atomic mass is 9.99. The molecule has 0 spiro atoms. The molecule has 0 aliphatic heterocycles. The Bertz CT molecular complexity index is 783. The summed E-state index contributed by atoms with van der Waals surface area (Å²) in [5, 5.41) is 0. The van der Waals surface area contributed by atoms with Gasteiger partial charge in [-0.15, -0.1) is 0 Å². The highest BCUT2D eigenvalue weighted by molar-refractivity contribution is 5.71. The van der Waals surface area contributed by atoms with Gasteiger partial charge in [-0.05, 0) is 31.1 Å². The summed E-state index contributed by atoms with van der Waals surface area (Å²) < 4.78 is 16.6. The van der Waals surface area contributed by atoms with Crippen LogP contribution in [0.4, 0.5) is 0 Å². The quantitative estimate of drug-likeness (QED) is 0.0357. The molecule has 0 saturated heterocycles. The fourth-order valence-electron chi connectivity index (χ4n) is 6.51. The predicted molar refractivity (Wildman–Crippen MR) is 215 cm³/mol. The highest BCUT2D eigenvalue weighted by Crippen LogP contribution is 2.17. The van der Waals surface area contributed by atoms with Crippen LogP contribution < -0.4 is 0 Å². The molecule has 6 heteroatoms. The molecule has 0 radical (unpaired) electrons. The number of unbranched alkanes of at least 4 members (excludes halogenated alkanes) is 22. The first-order valence-corrected chi connectivity index (χ1v) is 22.3. The maximum atomic E-state index is 12.5. The van der Waals surface area contributed by atoms with Gasteiger partial charge in [-0.1, -0.05) is 202 Å². The van der Waals surface area contributed by atoms with Gasteiger partial charge in [0.2, 0.25) is 0 Å². The van der Waals surface area contributed by atoms with Crippen molar-refractivity contribution in [2.24, 2.45) is 11.8 Å². The zero-order valence-corrected chi connectivity index (χ0v) is 34.7. The third-order valence-corrected chi connectivity index (χ3v) is 10.7. The molecule has 0 rings (SSSR count). The van der Waals surface area contributed by atoms with Gasteiger partial charge < -0.3 is 14.2 Å². The minimum Gasteiger partial charge on any atom is -0.462 e. The Balaban J connectivity index is 4.11. The first kappa shape index (κ1) is 49.4. The molecule has 51 heavy (non-hydrogen) atoms. The third-order valence-electron chi connectivity index (χ3n) is 10.7. The van der Waals surface area contributed by atoms with Gasteiger partial charge >= 0.3 is 17.9 Å². The highest BCUT2D eigenvalue weighted by atomic mass is 16.6.